The van der Waals surface area contributed by atoms with E-state index in [4.69, 9.17) is 9.47 Å². The quantitative estimate of drug-likeness (QED) is 0.544. The normalized spacial score (nSPS) is 13.6. The first-order chi connectivity index (χ1) is 15.5. The number of imide groups is 1. The van der Waals surface area contributed by atoms with Crippen molar-refractivity contribution in [3.8, 4) is 11.5 Å². The van der Waals surface area contributed by atoms with Gasteiger partial charge in [-0.1, -0.05) is 42.5 Å². The number of methoxy groups -OCH3 is 2. The van der Waals surface area contributed by atoms with E-state index < -0.39 is 0 Å². The predicted molar refractivity (Wildman–Crippen MR) is 125 cm³/mol. The highest BCUT2D eigenvalue weighted by atomic mass is 16.5. The first kappa shape index (κ1) is 21.2. The fourth-order valence-corrected chi connectivity index (χ4v) is 3.90. The van der Waals surface area contributed by atoms with Crippen molar-refractivity contribution < 1.29 is 19.1 Å². The van der Waals surface area contributed by atoms with Crippen LogP contribution in [0, 0.1) is 6.92 Å². The van der Waals surface area contributed by atoms with Crippen molar-refractivity contribution in [1.82, 2.24) is 0 Å². The van der Waals surface area contributed by atoms with Crippen LogP contribution in [0.4, 0.5) is 11.4 Å². The number of carbonyl (C=O) groups excluding carboxylic acids is 2. The van der Waals surface area contributed by atoms with Gasteiger partial charge < -0.3 is 14.4 Å². The average Bonchev–Trinajstić information content (AvgIpc) is 3.08. The van der Waals surface area contributed by atoms with Gasteiger partial charge in [-0.15, -0.1) is 0 Å². The van der Waals surface area contributed by atoms with Gasteiger partial charge in [0.25, 0.3) is 11.8 Å². The number of ether oxygens (including phenoxy) is 2. The van der Waals surface area contributed by atoms with Crippen LogP contribution in [0.15, 0.2) is 78.5 Å². The average molecular weight is 428 g/mol. The Morgan fingerprint density at radius 1 is 0.781 bits per heavy atom. The Hall–Kier alpha value is -4.06. The minimum absolute atomic E-state index is 0.302. The maximum atomic E-state index is 13.7. The Morgan fingerprint density at radius 3 is 2.09 bits per heavy atom. The number of anilines is 2. The number of rotatable bonds is 6. The van der Waals surface area contributed by atoms with Crippen LogP contribution in [0.1, 0.15) is 11.1 Å². The molecular weight excluding hydrogens is 404 g/mol. The lowest BCUT2D eigenvalue weighted by atomic mass is 10.0. The number of aryl methyl sites for hydroxylation is 1. The van der Waals surface area contributed by atoms with E-state index in [2.05, 4.69) is 0 Å². The molecular formula is C26H24N2O4. The molecule has 0 aromatic heterocycles. The summed E-state index contributed by atoms with van der Waals surface area (Å²) in [5.74, 6) is 0.269. The van der Waals surface area contributed by atoms with Crippen LogP contribution < -0.4 is 19.3 Å². The fourth-order valence-electron chi connectivity index (χ4n) is 3.90. The van der Waals surface area contributed by atoms with Crippen LogP contribution in [0.3, 0.4) is 0 Å². The molecule has 3 aromatic carbocycles. The molecule has 0 aliphatic carbocycles. The summed E-state index contributed by atoms with van der Waals surface area (Å²) in [6.07, 6.45) is 0. The molecule has 0 unspecified atom stereocenters. The van der Waals surface area contributed by atoms with Gasteiger partial charge >= 0.3 is 0 Å². The van der Waals surface area contributed by atoms with E-state index in [9.17, 15) is 9.59 Å². The Kier molecular flexibility index (Phi) is 5.69. The van der Waals surface area contributed by atoms with Gasteiger partial charge in [-0.05, 0) is 48.4 Å². The summed E-state index contributed by atoms with van der Waals surface area (Å²) in [6.45, 7) is 1.88. The third kappa shape index (κ3) is 3.50. The van der Waals surface area contributed by atoms with Gasteiger partial charge in [-0.3, -0.25) is 9.59 Å². The molecule has 6 nitrogen and oxygen atoms in total. The number of carbonyl (C=O) groups is 2. The van der Waals surface area contributed by atoms with Gasteiger partial charge in [0.1, 0.15) is 5.70 Å². The monoisotopic (exact) mass is 428 g/mol. The number of hydrogen-bond acceptors (Lipinski definition) is 5. The number of benzene rings is 3. The van der Waals surface area contributed by atoms with Crippen LogP contribution in [-0.4, -0.2) is 33.1 Å². The number of likely N-dealkylation sites (N-methyl/N-ethyl adjacent to an activating group) is 1. The van der Waals surface area contributed by atoms with Crippen LogP contribution in [-0.2, 0) is 9.59 Å². The second kappa shape index (κ2) is 8.59. The van der Waals surface area contributed by atoms with Gasteiger partial charge in [0.15, 0.2) is 11.5 Å². The summed E-state index contributed by atoms with van der Waals surface area (Å²) < 4.78 is 10.8. The van der Waals surface area contributed by atoms with Crippen LogP contribution in [0.2, 0.25) is 0 Å². The third-order valence-electron chi connectivity index (χ3n) is 5.57. The zero-order valence-corrected chi connectivity index (χ0v) is 18.5. The highest BCUT2D eigenvalue weighted by Crippen LogP contribution is 2.39. The zero-order valence-electron chi connectivity index (χ0n) is 18.5. The van der Waals surface area contributed by atoms with Crippen molar-refractivity contribution in [2.45, 2.75) is 6.92 Å². The highest BCUT2D eigenvalue weighted by molar-refractivity contribution is 6.46. The van der Waals surface area contributed by atoms with E-state index in [0.29, 0.717) is 34.0 Å². The Balaban J connectivity index is 1.92. The minimum atomic E-state index is -0.380. The second-order valence-corrected chi connectivity index (χ2v) is 7.42. The van der Waals surface area contributed by atoms with Crippen molar-refractivity contribution >= 4 is 28.8 Å². The van der Waals surface area contributed by atoms with Gasteiger partial charge in [0.2, 0.25) is 0 Å². The molecule has 1 aliphatic heterocycles. The van der Waals surface area contributed by atoms with Gasteiger partial charge in [0, 0.05) is 12.7 Å². The first-order valence-electron chi connectivity index (χ1n) is 10.2. The molecule has 32 heavy (non-hydrogen) atoms. The summed E-state index contributed by atoms with van der Waals surface area (Å²) >= 11 is 0. The minimum Gasteiger partial charge on any atom is -0.493 e. The van der Waals surface area contributed by atoms with Crippen molar-refractivity contribution in [2.75, 3.05) is 31.1 Å². The van der Waals surface area contributed by atoms with E-state index in [1.54, 1.807) is 43.3 Å². The predicted octanol–water partition coefficient (Wildman–Crippen LogP) is 4.43. The van der Waals surface area contributed by atoms with Crippen LogP contribution >= 0.6 is 0 Å². The SMILES string of the molecule is COc1ccc(C2=C(N(C)c3ccccc3)C(=O)N(c3ccccc3C)C2=O)cc1OC. The molecule has 0 N–H and O–H groups in total. The molecule has 1 aliphatic rings. The summed E-state index contributed by atoms with van der Waals surface area (Å²) in [5, 5.41) is 0. The number of para-hydroxylation sites is 2. The molecule has 0 atom stereocenters. The molecule has 3 aromatic rings. The van der Waals surface area contributed by atoms with Gasteiger partial charge in [0.05, 0.1) is 25.5 Å². The smallest absolute Gasteiger partial charge is 0.282 e. The molecule has 0 saturated heterocycles. The molecule has 1 heterocycles. The Morgan fingerprint density at radius 2 is 1.44 bits per heavy atom. The van der Waals surface area contributed by atoms with Gasteiger partial charge in [-0.25, -0.2) is 4.90 Å². The maximum Gasteiger partial charge on any atom is 0.282 e. The zero-order chi connectivity index (χ0) is 22.8. The molecule has 0 spiro atoms. The highest BCUT2D eigenvalue weighted by Gasteiger charge is 2.42. The second-order valence-electron chi connectivity index (χ2n) is 7.42. The van der Waals surface area contributed by atoms with Crippen molar-refractivity contribution in [1.29, 1.82) is 0 Å². The Bertz CT molecular complexity index is 1220. The molecule has 0 saturated carbocycles. The Labute approximate surface area is 187 Å². The third-order valence-corrected chi connectivity index (χ3v) is 5.57. The number of hydrogen-bond donors (Lipinski definition) is 0. The van der Waals surface area contributed by atoms with Crippen molar-refractivity contribution in [3.63, 3.8) is 0 Å². The molecule has 0 radical (unpaired) electrons. The molecule has 0 bridgehead atoms. The van der Waals surface area contributed by atoms with Crippen molar-refractivity contribution in [3.05, 3.63) is 89.6 Å². The van der Waals surface area contributed by atoms with E-state index in [1.807, 2.05) is 55.5 Å². The molecule has 0 fully saturated rings. The lowest BCUT2D eigenvalue weighted by Crippen LogP contribution is -2.34. The van der Waals surface area contributed by atoms with Crippen LogP contribution in [0.25, 0.3) is 5.57 Å². The van der Waals surface area contributed by atoms with Crippen LogP contribution in [0.5, 0.6) is 11.5 Å². The lowest BCUT2D eigenvalue weighted by molar-refractivity contribution is -0.120. The van der Waals surface area contributed by atoms with Crippen molar-refractivity contribution in [2.24, 2.45) is 0 Å². The molecule has 2 amide bonds. The van der Waals surface area contributed by atoms with Gasteiger partial charge in [-0.2, -0.15) is 0 Å². The number of amides is 2. The van der Waals surface area contributed by atoms with E-state index in [1.165, 1.54) is 12.0 Å². The van der Waals surface area contributed by atoms with E-state index in [0.717, 1.165) is 11.3 Å². The molecule has 162 valence electrons. The summed E-state index contributed by atoms with van der Waals surface area (Å²) in [4.78, 5) is 30.4. The lowest BCUT2D eigenvalue weighted by Gasteiger charge is -2.22. The molecule has 6 heteroatoms. The van der Waals surface area contributed by atoms with E-state index in [-0.39, 0.29) is 11.8 Å². The maximum absolute atomic E-state index is 13.7. The summed E-state index contributed by atoms with van der Waals surface area (Å²) in [5.41, 5.74) is 3.40. The fraction of sp³-hybridized carbons (Fsp3) is 0.154. The summed E-state index contributed by atoms with van der Waals surface area (Å²) in [7, 11) is 4.88. The number of nitrogens with zero attached hydrogens (tertiary/aromatic N) is 2. The molecule has 4 rings (SSSR count). The standard InChI is InChI=1S/C26H24N2O4/c1-17-10-8-9-13-20(17)28-25(29)23(18-14-15-21(31-3)22(16-18)32-4)24(26(28)30)27(2)19-11-6-5-7-12-19/h5-16H,1-4H3. The summed E-state index contributed by atoms with van der Waals surface area (Å²) in [6, 6.07) is 22.1. The first-order valence-corrected chi connectivity index (χ1v) is 10.2. The topological polar surface area (TPSA) is 59.1 Å². The van der Waals surface area contributed by atoms with E-state index >= 15 is 0 Å². The largest absolute Gasteiger partial charge is 0.493 e.